The monoisotopic (exact) mass is 386 g/mol. The molecule has 1 aromatic heterocycles. The number of carbonyl (C=O) groups is 2. The number of rotatable bonds is 7. The average Bonchev–Trinajstić information content (AvgIpc) is 2.77. The fourth-order valence-electron chi connectivity index (χ4n) is 2.78. The van der Waals surface area contributed by atoms with Gasteiger partial charge in [-0.3, -0.25) is 9.78 Å². The minimum absolute atomic E-state index is 0.158. The maximum Gasteiger partial charge on any atom is 0.338 e. The topological polar surface area (TPSA) is 59.5 Å². The van der Waals surface area contributed by atoms with Gasteiger partial charge in [0.2, 0.25) is 0 Å². The number of hydrogen-bond acceptors (Lipinski definition) is 4. The molecule has 0 spiro atoms. The summed E-state index contributed by atoms with van der Waals surface area (Å²) in [5, 5.41) is 0. The first-order valence-electron chi connectivity index (χ1n) is 9.38. The average molecular weight is 386 g/mol. The smallest absolute Gasteiger partial charge is 0.338 e. The van der Waals surface area contributed by atoms with Crippen LogP contribution in [0.25, 0.3) is 6.08 Å². The molecule has 5 heteroatoms. The van der Waals surface area contributed by atoms with Crippen molar-refractivity contribution in [1.82, 2.24) is 4.98 Å². The molecule has 0 unspecified atom stereocenters. The summed E-state index contributed by atoms with van der Waals surface area (Å²) in [4.78, 5) is 30.5. The number of benzene rings is 2. The van der Waals surface area contributed by atoms with Crippen molar-refractivity contribution in [3.63, 3.8) is 0 Å². The van der Waals surface area contributed by atoms with Crippen molar-refractivity contribution in [1.29, 1.82) is 0 Å². The van der Waals surface area contributed by atoms with Gasteiger partial charge in [-0.15, -0.1) is 0 Å². The SMILES string of the molecule is CCOC(=O)c1ccc(N(Cc2ccncc2)C(=O)/C=C/c2ccccc2)cc1. The number of anilines is 1. The van der Waals surface area contributed by atoms with Gasteiger partial charge in [0, 0.05) is 24.2 Å². The number of ether oxygens (including phenoxy) is 1. The maximum atomic E-state index is 13.0. The van der Waals surface area contributed by atoms with Crippen molar-refractivity contribution in [2.24, 2.45) is 0 Å². The predicted molar refractivity (Wildman–Crippen MR) is 113 cm³/mol. The Morgan fingerprint density at radius 1 is 0.966 bits per heavy atom. The quantitative estimate of drug-likeness (QED) is 0.443. The van der Waals surface area contributed by atoms with Gasteiger partial charge in [-0.1, -0.05) is 30.3 Å². The predicted octanol–water partition coefficient (Wildman–Crippen LogP) is 4.50. The van der Waals surface area contributed by atoms with Crippen LogP contribution in [0.4, 0.5) is 5.69 Å². The lowest BCUT2D eigenvalue weighted by Crippen LogP contribution is -2.28. The van der Waals surface area contributed by atoms with E-state index in [1.54, 1.807) is 60.6 Å². The molecule has 0 N–H and O–H groups in total. The van der Waals surface area contributed by atoms with Crippen molar-refractivity contribution in [3.8, 4) is 0 Å². The normalized spacial score (nSPS) is 10.7. The fraction of sp³-hybridized carbons (Fsp3) is 0.125. The van der Waals surface area contributed by atoms with Crippen LogP contribution in [0.2, 0.25) is 0 Å². The fourth-order valence-corrected chi connectivity index (χ4v) is 2.78. The second kappa shape index (κ2) is 9.99. The highest BCUT2D eigenvalue weighted by Gasteiger charge is 2.15. The molecule has 0 bridgehead atoms. The van der Waals surface area contributed by atoms with E-state index >= 15 is 0 Å². The first kappa shape index (κ1) is 20.0. The summed E-state index contributed by atoms with van der Waals surface area (Å²) in [6, 6.07) is 20.2. The van der Waals surface area contributed by atoms with Crippen LogP contribution in [0.1, 0.15) is 28.4 Å². The summed E-state index contributed by atoms with van der Waals surface area (Å²) in [5.74, 6) is -0.537. The van der Waals surface area contributed by atoms with Gasteiger partial charge in [-0.05, 0) is 60.5 Å². The Morgan fingerprint density at radius 3 is 2.31 bits per heavy atom. The molecule has 0 aliphatic heterocycles. The van der Waals surface area contributed by atoms with E-state index in [2.05, 4.69) is 4.98 Å². The summed E-state index contributed by atoms with van der Waals surface area (Å²) in [7, 11) is 0. The molecule has 3 aromatic rings. The third-order valence-corrected chi connectivity index (χ3v) is 4.26. The molecule has 0 radical (unpaired) electrons. The van der Waals surface area contributed by atoms with E-state index < -0.39 is 0 Å². The van der Waals surface area contributed by atoms with Crippen molar-refractivity contribution >= 4 is 23.6 Å². The van der Waals surface area contributed by atoms with Crippen LogP contribution in [0.15, 0.2) is 85.2 Å². The molecule has 5 nitrogen and oxygen atoms in total. The van der Waals surface area contributed by atoms with Gasteiger partial charge in [0.1, 0.15) is 0 Å². The highest BCUT2D eigenvalue weighted by Crippen LogP contribution is 2.20. The zero-order valence-electron chi connectivity index (χ0n) is 16.2. The number of pyridine rings is 1. The van der Waals surface area contributed by atoms with E-state index in [-0.39, 0.29) is 11.9 Å². The Bertz CT molecular complexity index is 968. The molecule has 29 heavy (non-hydrogen) atoms. The standard InChI is InChI=1S/C24H22N2O3/c1-2-29-24(28)21-9-11-22(12-10-21)26(18-20-14-16-25-17-15-20)23(27)13-8-19-6-4-3-5-7-19/h3-17H,2,18H2,1H3/b13-8+. The Balaban J connectivity index is 1.85. The van der Waals surface area contributed by atoms with Crippen molar-refractivity contribution < 1.29 is 14.3 Å². The molecule has 1 heterocycles. The first-order valence-corrected chi connectivity index (χ1v) is 9.38. The molecule has 0 atom stereocenters. The lowest BCUT2D eigenvalue weighted by molar-refractivity contribution is -0.114. The van der Waals surface area contributed by atoms with E-state index in [0.29, 0.717) is 24.4 Å². The van der Waals surface area contributed by atoms with E-state index in [1.165, 1.54) is 0 Å². The number of hydrogen-bond donors (Lipinski definition) is 0. The van der Waals surface area contributed by atoms with Gasteiger partial charge in [-0.2, -0.15) is 0 Å². The third kappa shape index (κ3) is 5.62. The molecule has 2 aromatic carbocycles. The summed E-state index contributed by atoms with van der Waals surface area (Å²) in [6.45, 7) is 2.47. The highest BCUT2D eigenvalue weighted by molar-refractivity contribution is 6.04. The molecule has 146 valence electrons. The van der Waals surface area contributed by atoms with Crippen LogP contribution in [-0.4, -0.2) is 23.5 Å². The van der Waals surface area contributed by atoms with Gasteiger partial charge in [0.05, 0.1) is 18.7 Å². The first-order chi connectivity index (χ1) is 14.2. The number of aromatic nitrogens is 1. The van der Waals surface area contributed by atoms with Gasteiger partial charge in [0.15, 0.2) is 0 Å². The number of carbonyl (C=O) groups excluding carboxylic acids is 2. The van der Waals surface area contributed by atoms with Gasteiger partial charge in [-0.25, -0.2) is 4.79 Å². The lowest BCUT2D eigenvalue weighted by Gasteiger charge is -2.22. The Hall–Kier alpha value is -3.73. The van der Waals surface area contributed by atoms with E-state index in [0.717, 1.165) is 11.1 Å². The summed E-state index contributed by atoms with van der Waals surface area (Å²) in [6.07, 6.45) is 6.73. The van der Waals surface area contributed by atoms with Crippen LogP contribution < -0.4 is 4.90 Å². The van der Waals surface area contributed by atoms with Crippen LogP contribution in [0.3, 0.4) is 0 Å². The maximum absolute atomic E-state index is 13.0. The minimum Gasteiger partial charge on any atom is -0.462 e. The van der Waals surface area contributed by atoms with Crippen LogP contribution in [0.5, 0.6) is 0 Å². The second-order valence-corrected chi connectivity index (χ2v) is 6.29. The van der Waals surface area contributed by atoms with Crippen molar-refractivity contribution in [2.75, 3.05) is 11.5 Å². The van der Waals surface area contributed by atoms with Crippen molar-refractivity contribution in [3.05, 3.63) is 102 Å². The Morgan fingerprint density at radius 2 is 1.66 bits per heavy atom. The second-order valence-electron chi connectivity index (χ2n) is 6.29. The van der Waals surface area contributed by atoms with E-state index in [9.17, 15) is 9.59 Å². The number of esters is 1. The molecule has 0 saturated heterocycles. The molecular formula is C24H22N2O3. The van der Waals surface area contributed by atoms with Crippen LogP contribution >= 0.6 is 0 Å². The summed E-state index contributed by atoms with van der Waals surface area (Å²) >= 11 is 0. The summed E-state index contributed by atoms with van der Waals surface area (Å²) < 4.78 is 5.02. The van der Waals surface area contributed by atoms with Gasteiger partial charge < -0.3 is 9.64 Å². The largest absolute Gasteiger partial charge is 0.462 e. The van der Waals surface area contributed by atoms with E-state index in [1.807, 2.05) is 42.5 Å². The Labute approximate surface area is 170 Å². The molecule has 0 saturated carbocycles. The molecular weight excluding hydrogens is 364 g/mol. The van der Waals surface area contributed by atoms with Crippen molar-refractivity contribution in [2.45, 2.75) is 13.5 Å². The zero-order valence-corrected chi connectivity index (χ0v) is 16.2. The molecule has 3 rings (SSSR count). The number of nitrogens with zero attached hydrogens (tertiary/aromatic N) is 2. The van der Waals surface area contributed by atoms with E-state index in [4.69, 9.17) is 4.74 Å². The van der Waals surface area contributed by atoms with Gasteiger partial charge in [0.25, 0.3) is 5.91 Å². The molecule has 0 fully saturated rings. The minimum atomic E-state index is -0.380. The van der Waals surface area contributed by atoms with Crippen LogP contribution in [-0.2, 0) is 16.1 Å². The number of amides is 1. The molecule has 1 amide bonds. The zero-order chi connectivity index (χ0) is 20.5. The Kier molecular flexibility index (Phi) is 6.90. The molecule has 0 aliphatic carbocycles. The highest BCUT2D eigenvalue weighted by atomic mass is 16.5. The lowest BCUT2D eigenvalue weighted by atomic mass is 10.1. The third-order valence-electron chi connectivity index (χ3n) is 4.26. The molecule has 0 aliphatic rings. The van der Waals surface area contributed by atoms with Gasteiger partial charge >= 0.3 is 5.97 Å². The van der Waals surface area contributed by atoms with Crippen LogP contribution in [0, 0.1) is 0 Å². The summed E-state index contributed by atoms with van der Waals surface area (Å²) in [5.41, 5.74) is 3.04.